The third-order valence-corrected chi connectivity index (χ3v) is 5.34. The summed E-state index contributed by atoms with van der Waals surface area (Å²) in [6, 6.07) is 13.9. The van der Waals surface area contributed by atoms with E-state index in [-0.39, 0.29) is 17.3 Å². The van der Waals surface area contributed by atoms with Gasteiger partial charge in [0.05, 0.1) is 4.92 Å². The molecule has 0 bridgehead atoms. The van der Waals surface area contributed by atoms with Gasteiger partial charge in [0.25, 0.3) is 5.69 Å². The van der Waals surface area contributed by atoms with E-state index in [0.717, 1.165) is 11.1 Å². The highest BCUT2D eigenvalue weighted by atomic mass is 32.2. The topological polar surface area (TPSA) is 103 Å². The third-order valence-electron chi connectivity index (χ3n) is 4.09. The fraction of sp³-hybridized carbons (Fsp3) is 0.211. The fourth-order valence-corrected chi connectivity index (χ4v) is 3.73. The highest BCUT2D eigenvalue weighted by molar-refractivity contribution is 8.00. The summed E-state index contributed by atoms with van der Waals surface area (Å²) in [5, 5.41) is 22.0. The second-order valence-corrected chi connectivity index (χ2v) is 7.15. The number of nitro groups is 1. The highest BCUT2D eigenvalue weighted by Crippen LogP contribution is 2.36. The Hall–Kier alpha value is -3.20. The van der Waals surface area contributed by atoms with Crippen molar-refractivity contribution in [3.63, 3.8) is 0 Å². The number of amides is 1. The van der Waals surface area contributed by atoms with Crippen LogP contribution in [0.25, 0.3) is 0 Å². The lowest BCUT2D eigenvalue weighted by molar-refractivity contribution is -0.384. The predicted molar refractivity (Wildman–Crippen MR) is 107 cm³/mol. The van der Waals surface area contributed by atoms with E-state index in [4.69, 9.17) is 0 Å². The van der Waals surface area contributed by atoms with Crippen LogP contribution in [-0.2, 0) is 11.3 Å². The van der Waals surface area contributed by atoms with Gasteiger partial charge in [-0.25, -0.2) is 0 Å². The Morgan fingerprint density at radius 1 is 1.29 bits per heavy atom. The van der Waals surface area contributed by atoms with E-state index >= 15 is 0 Å². The molecule has 0 aliphatic rings. The predicted octanol–water partition coefficient (Wildman–Crippen LogP) is 3.99. The van der Waals surface area contributed by atoms with Crippen LogP contribution in [0.1, 0.15) is 23.3 Å². The van der Waals surface area contributed by atoms with E-state index in [1.165, 1.54) is 17.8 Å². The molecule has 0 fully saturated rings. The molecule has 0 unspecified atom stereocenters. The minimum Gasteiger partial charge on any atom is -0.319 e. The van der Waals surface area contributed by atoms with Gasteiger partial charge in [-0.1, -0.05) is 48.2 Å². The lowest BCUT2D eigenvalue weighted by Crippen LogP contribution is -2.20. The number of benzene rings is 2. The van der Waals surface area contributed by atoms with Crippen LogP contribution < -0.4 is 5.32 Å². The minimum atomic E-state index is -0.642. The lowest BCUT2D eigenvalue weighted by atomic mass is 10.1. The monoisotopic (exact) mass is 397 g/mol. The van der Waals surface area contributed by atoms with Crippen molar-refractivity contribution in [3.8, 4) is 0 Å². The first-order valence-corrected chi connectivity index (χ1v) is 9.53. The van der Waals surface area contributed by atoms with Crippen LogP contribution in [0.3, 0.4) is 0 Å². The maximum absolute atomic E-state index is 13.1. The normalized spacial score (nSPS) is 11.8. The molecule has 0 saturated carbocycles. The molecule has 0 radical (unpaired) electrons. The van der Waals surface area contributed by atoms with Crippen LogP contribution in [-0.4, -0.2) is 25.6 Å². The Balaban J connectivity index is 1.93. The molecule has 0 spiro atoms. The molecule has 1 amide bonds. The molecule has 1 N–H and O–H groups in total. The van der Waals surface area contributed by atoms with Gasteiger partial charge in [-0.2, -0.15) is 0 Å². The summed E-state index contributed by atoms with van der Waals surface area (Å²) < 4.78 is 1.84. The zero-order valence-corrected chi connectivity index (χ0v) is 16.2. The van der Waals surface area contributed by atoms with Crippen molar-refractivity contribution in [2.45, 2.75) is 30.8 Å². The number of carbonyl (C=O) groups is 1. The maximum Gasteiger partial charge on any atom is 0.293 e. The second kappa shape index (κ2) is 8.66. The standard InChI is InChI=1S/C19H19N5O3S/c1-3-23-12-20-22-19(23)28-17(14-7-5-4-6-8-14)18(25)21-15-10-9-13(2)11-16(15)24(26)27/h4-12,17H,3H2,1-2H3,(H,21,25)/t17-/m0/s1. The Morgan fingerprint density at radius 2 is 2.04 bits per heavy atom. The van der Waals surface area contributed by atoms with Crippen LogP contribution in [0.15, 0.2) is 60.0 Å². The van der Waals surface area contributed by atoms with Gasteiger partial charge >= 0.3 is 0 Å². The van der Waals surface area contributed by atoms with E-state index in [0.29, 0.717) is 11.7 Å². The van der Waals surface area contributed by atoms with E-state index in [1.807, 2.05) is 41.8 Å². The maximum atomic E-state index is 13.1. The van der Waals surface area contributed by atoms with E-state index in [1.54, 1.807) is 25.4 Å². The van der Waals surface area contributed by atoms with Crippen LogP contribution >= 0.6 is 11.8 Å². The van der Waals surface area contributed by atoms with Gasteiger partial charge in [-0.3, -0.25) is 14.9 Å². The molecule has 3 aromatic rings. The number of hydrogen-bond acceptors (Lipinski definition) is 6. The number of hydrogen-bond donors (Lipinski definition) is 1. The number of anilines is 1. The van der Waals surface area contributed by atoms with Crippen LogP contribution in [0.5, 0.6) is 0 Å². The van der Waals surface area contributed by atoms with Crippen molar-refractivity contribution in [3.05, 3.63) is 76.1 Å². The van der Waals surface area contributed by atoms with Gasteiger partial charge in [-0.05, 0) is 31.0 Å². The number of aryl methyl sites for hydroxylation is 2. The Morgan fingerprint density at radius 3 is 2.71 bits per heavy atom. The minimum absolute atomic E-state index is 0.137. The molecule has 2 aromatic carbocycles. The Kier molecular flexibility index (Phi) is 6.05. The lowest BCUT2D eigenvalue weighted by Gasteiger charge is -2.17. The van der Waals surface area contributed by atoms with Crippen molar-refractivity contribution >= 4 is 29.0 Å². The number of nitrogens with one attached hydrogen (secondary N) is 1. The van der Waals surface area contributed by atoms with Crippen molar-refractivity contribution in [2.24, 2.45) is 0 Å². The van der Waals surface area contributed by atoms with Crippen LogP contribution in [0, 0.1) is 17.0 Å². The number of nitrogens with zero attached hydrogens (tertiary/aromatic N) is 4. The van der Waals surface area contributed by atoms with Crippen LogP contribution in [0.2, 0.25) is 0 Å². The van der Waals surface area contributed by atoms with Gasteiger partial charge in [0.2, 0.25) is 5.91 Å². The number of rotatable bonds is 7. The summed E-state index contributed by atoms with van der Waals surface area (Å²) in [7, 11) is 0. The quantitative estimate of drug-likeness (QED) is 0.367. The summed E-state index contributed by atoms with van der Waals surface area (Å²) in [4.78, 5) is 24.0. The number of nitro benzene ring substituents is 1. The molecule has 1 aromatic heterocycles. The molecule has 28 heavy (non-hydrogen) atoms. The number of thioether (sulfide) groups is 1. The zero-order valence-electron chi connectivity index (χ0n) is 15.4. The SMILES string of the molecule is CCn1cnnc1S[C@H](C(=O)Nc1ccc(C)cc1[N+](=O)[O-])c1ccccc1. The molecule has 3 rings (SSSR count). The van der Waals surface area contributed by atoms with Crippen molar-refractivity contribution in [2.75, 3.05) is 5.32 Å². The fourth-order valence-electron chi connectivity index (χ4n) is 2.66. The van der Waals surface area contributed by atoms with E-state index < -0.39 is 10.2 Å². The molecule has 8 nitrogen and oxygen atoms in total. The molecule has 9 heteroatoms. The average Bonchev–Trinajstić information content (AvgIpc) is 3.15. The first-order valence-electron chi connectivity index (χ1n) is 8.65. The molecule has 0 aliphatic heterocycles. The van der Waals surface area contributed by atoms with Crippen molar-refractivity contribution < 1.29 is 9.72 Å². The molecular weight excluding hydrogens is 378 g/mol. The van der Waals surface area contributed by atoms with Crippen LogP contribution in [0.4, 0.5) is 11.4 Å². The van der Waals surface area contributed by atoms with Crippen molar-refractivity contribution in [1.29, 1.82) is 0 Å². The van der Waals surface area contributed by atoms with Gasteiger partial charge < -0.3 is 9.88 Å². The first-order chi connectivity index (χ1) is 13.5. The summed E-state index contributed by atoms with van der Waals surface area (Å²) in [5.41, 5.74) is 1.54. The molecule has 0 aliphatic carbocycles. The van der Waals surface area contributed by atoms with Crippen molar-refractivity contribution in [1.82, 2.24) is 14.8 Å². The molecule has 144 valence electrons. The van der Waals surface area contributed by atoms with Gasteiger partial charge in [0, 0.05) is 12.6 Å². The molecule has 1 heterocycles. The smallest absolute Gasteiger partial charge is 0.293 e. The van der Waals surface area contributed by atoms with Gasteiger partial charge in [0.15, 0.2) is 5.16 Å². The molecule has 1 atom stereocenters. The largest absolute Gasteiger partial charge is 0.319 e. The number of carbonyl (C=O) groups excluding carboxylic acids is 1. The summed E-state index contributed by atoms with van der Waals surface area (Å²) in [6.45, 7) is 4.39. The third kappa shape index (κ3) is 4.37. The Bertz CT molecular complexity index is 990. The van der Waals surface area contributed by atoms with E-state index in [9.17, 15) is 14.9 Å². The summed E-state index contributed by atoms with van der Waals surface area (Å²) in [5.74, 6) is -0.367. The summed E-state index contributed by atoms with van der Waals surface area (Å²) >= 11 is 1.25. The molecule has 0 saturated heterocycles. The highest BCUT2D eigenvalue weighted by Gasteiger charge is 2.26. The first kappa shape index (κ1) is 19.6. The summed E-state index contributed by atoms with van der Waals surface area (Å²) in [6.07, 6.45) is 1.60. The zero-order chi connectivity index (χ0) is 20.1. The van der Waals surface area contributed by atoms with Gasteiger partial charge in [0.1, 0.15) is 17.3 Å². The second-order valence-electron chi connectivity index (χ2n) is 6.08. The Labute approximate surface area is 166 Å². The van der Waals surface area contributed by atoms with E-state index in [2.05, 4.69) is 15.5 Å². The number of aromatic nitrogens is 3. The average molecular weight is 397 g/mol. The van der Waals surface area contributed by atoms with Gasteiger partial charge in [-0.15, -0.1) is 10.2 Å². The molecular formula is C19H19N5O3S.